The van der Waals surface area contributed by atoms with Crippen molar-refractivity contribution in [2.45, 2.75) is 19.6 Å². The number of hydrogen-bond acceptors (Lipinski definition) is 3. The van der Waals surface area contributed by atoms with E-state index in [9.17, 15) is 0 Å². The van der Waals surface area contributed by atoms with Crippen molar-refractivity contribution in [3.63, 3.8) is 0 Å². The van der Waals surface area contributed by atoms with Gasteiger partial charge in [0, 0.05) is 57.5 Å². The van der Waals surface area contributed by atoms with Crippen LogP contribution in [0.3, 0.4) is 0 Å². The maximum atomic E-state index is 6.14. The Hall–Kier alpha value is -0.950. The summed E-state index contributed by atoms with van der Waals surface area (Å²) >= 11 is 12.1. The van der Waals surface area contributed by atoms with Crippen LogP contribution in [0.5, 0.6) is 0 Å². The van der Waals surface area contributed by atoms with Crippen molar-refractivity contribution in [2.24, 2.45) is 0 Å². The Morgan fingerprint density at radius 3 is 1.81 bits per heavy atom. The maximum Gasteiger partial charge on any atom is 0.0946 e. The molecule has 0 N–H and O–H groups in total. The summed E-state index contributed by atoms with van der Waals surface area (Å²) in [4.78, 5) is 10.6. The highest BCUT2D eigenvalue weighted by Crippen LogP contribution is 2.23. The number of imidazole rings is 2. The lowest BCUT2D eigenvalue weighted by Gasteiger charge is -2.23. The van der Waals surface area contributed by atoms with Gasteiger partial charge in [0.25, 0.3) is 0 Å². The van der Waals surface area contributed by atoms with Gasteiger partial charge in [-0.25, -0.2) is 9.97 Å². The van der Waals surface area contributed by atoms with Gasteiger partial charge in [-0.15, -0.1) is 37.2 Å². The summed E-state index contributed by atoms with van der Waals surface area (Å²) in [5.74, 6) is 0. The van der Waals surface area contributed by atoms with E-state index in [-0.39, 0.29) is 37.2 Å². The molecule has 27 heavy (non-hydrogen) atoms. The molecule has 0 saturated heterocycles. The lowest BCUT2D eigenvalue weighted by molar-refractivity contribution is 0.244. The van der Waals surface area contributed by atoms with E-state index in [0.29, 0.717) is 10.0 Å². The second-order valence-corrected chi connectivity index (χ2v) is 6.44. The quantitative estimate of drug-likeness (QED) is 0.469. The van der Waals surface area contributed by atoms with Gasteiger partial charge in [-0.3, -0.25) is 4.90 Å². The molecule has 0 aliphatic carbocycles. The molecule has 2 heterocycles. The van der Waals surface area contributed by atoms with Crippen LogP contribution in [0.1, 0.15) is 5.56 Å². The van der Waals surface area contributed by atoms with Gasteiger partial charge in [-0.2, -0.15) is 0 Å². The summed E-state index contributed by atoms with van der Waals surface area (Å²) in [5, 5.41) is 1.18. The average Bonchev–Trinajstić information content (AvgIpc) is 3.27. The minimum atomic E-state index is 0. The van der Waals surface area contributed by atoms with E-state index in [0.717, 1.165) is 38.3 Å². The largest absolute Gasteiger partial charge is 0.336 e. The topological polar surface area (TPSA) is 38.9 Å². The minimum Gasteiger partial charge on any atom is -0.336 e. The average molecular weight is 474 g/mol. The number of nitrogens with zero attached hydrogens (tertiary/aromatic N) is 5. The molecule has 0 aliphatic rings. The summed E-state index contributed by atoms with van der Waals surface area (Å²) in [6, 6.07) is 5.81. The predicted octanol–water partition coefficient (Wildman–Crippen LogP) is 4.85. The zero-order valence-electron chi connectivity index (χ0n) is 14.4. The lowest BCUT2D eigenvalue weighted by Crippen LogP contribution is -2.30. The van der Waals surface area contributed by atoms with Crippen LogP contribution in [-0.2, 0) is 19.6 Å². The number of halogens is 5. The summed E-state index contributed by atoms with van der Waals surface area (Å²) in [6.45, 7) is 4.45. The van der Waals surface area contributed by atoms with Crippen LogP contribution in [0, 0.1) is 0 Å². The maximum absolute atomic E-state index is 6.14. The van der Waals surface area contributed by atoms with Gasteiger partial charge in [0.05, 0.1) is 22.7 Å². The van der Waals surface area contributed by atoms with E-state index in [1.807, 2.05) is 43.2 Å². The van der Waals surface area contributed by atoms with Gasteiger partial charge in [-0.1, -0.05) is 29.3 Å². The van der Waals surface area contributed by atoms with Gasteiger partial charge in [-0.05, 0) is 17.7 Å². The van der Waals surface area contributed by atoms with E-state index in [1.165, 1.54) is 0 Å². The Morgan fingerprint density at radius 1 is 0.815 bits per heavy atom. The van der Waals surface area contributed by atoms with E-state index >= 15 is 0 Å². The van der Waals surface area contributed by atoms with Crippen molar-refractivity contribution in [3.8, 4) is 0 Å². The molecule has 5 nitrogen and oxygen atoms in total. The molecular formula is C17H22Cl5N5. The number of hydrogen-bond donors (Lipinski definition) is 0. The highest BCUT2D eigenvalue weighted by atomic mass is 35.5. The summed E-state index contributed by atoms with van der Waals surface area (Å²) in [7, 11) is 0. The second-order valence-electron chi connectivity index (χ2n) is 5.63. The van der Waals surface area contributed by atoms with E-state index in [1.54, 1.807) is 12.4 Å². The first-order valence-corrected chi connectivity index (χ1v) is 8.54. The summed E-state index contributed by atoms with van der Waals surface area (Å²) in [6.07, 6.45) is 11.2. The molecule has 0 aliphatic heterocycles. The predicted molar refractivity (Wildman–Crippen MR) is 118 cm³/mol. The Morgan fingerprint density at radius 2 is 1.37 bits per heavy atom. The van der Waals surface area contributed by atoms with Crippen LogP contribution in [0.15, 0.2) is 55.6 Å². The fraction of sp³-hybridized carbons (Fsp3) is 0.294. The van der Waals surface area contributed by atoms with Crippen LogP contribution < -0.4 is 0 Å². The molecule has 10 heteroatoms. The third-order valence-corrected chi connectivity index (χ3v) is 4.60. The molecule has 1 aromatic carbocycles. The molecule has 0 atom stereocenters. The molecule has 150 valence electrons. The molecular weight excluding hydrogens is 451 g/mol. The highest BCUT2D eigenvalue weighted by Gasteiger charge is 2.08. The fourth-order valence-electron chi connectivity index (χ4n) is 2.52. The highest BCUT2D eigenvalue weighted by molar-refractivity contribution is 6.42. The van der Waals surface area contributed by atoms with Crippen molar-refractivity contribution in [1.29, 1.82) is 0 Å². The minimum absolute atomic E-state index is 0. The van der Waals surface area contributed by atoms with Gasteiger partial charge in [0.1, 0.15) is 0 Å². The zero-order chi connectivity index (χ0) is 16.8. The molecule has 0 fully saturated rings. The van der Waals surface area contributed by atoms with Crippen LogP contribution in [0.2, 0.25) is 10.0 Å². The monoisotopic (exact) mass is 471 g/mol. The van der Waals surface area contributed by atoms with Crippen molar-refractivity contribution < 1.29 is 0 Å². The van der Waals surface area contributed by atoms with Crippen molar-refractivity contribution >= 4 is 60.4 Å². The first-order valence-electron chi connectivity index (χ1n) is 7.78. The molecule has 3 rings (SSSR count). The number of benzene rings is 1. The van der Waals surface area contributed by atoms with E-state index < -0.39 is 0 Å². The number of aromatic nitrogens is 4. The Kier molecular flexibility index (Phi) is 12.8. The first-order chi connectivity index (χ1) is 11.7. The van der Waals surface area contributed by atoms with Crippen LogP contribution in [0.25, 0.3) is 0 Å². The van der Waals surface area contributed by atoms with Crippen molar-refractivity contribution in [1.82, 2.24) is 24.0 Å². The molecule has 0 amide bonds. The first kappa shape index (κ1) is 26.1. The van der Waals surface area contributed by atoms with Gasteiger partial charge in [0.15, 0.2) is 0 Å². The van der Waals surface area contributed by atoms with E-state index in [2.05, 4.69) is 24.0 Å². The Labute approximate surface area is 187 Å². The summed E-state index contributed by atoms with van der Waals surface area (Å²) < 4.78 is 4.16. The number of rotatable bonds is 8. The molecule has 0 saturated carbocycles. The lowest BCUT2D eigenvalue weighted by atomic mass is 10.2. The normalized spacial score (nSPS) is 10.0. The smallest absolute Gasteiger partial charge is 0.0946 e. The molecule has 0 spiro atoms. The van der Waals surface area contributed by atoms with Gasteiger partial charge >= 0.3 is 0 Å². The molecule has 3 aromatic rings. The Bertz CT molecular complexity index is 711. The van der Waals surface area contributed by atoms with Crippen molar-refractivity contribution in [2.75, 3.05) is 13.1 Å². The summed E-state index contributed by atoms with van der Waals surface area (Å²) in [5.41, 5.74) is 1.15. The fourth-order valence-corrected chi connectivity index (χ4v) is 2.84. The Balaban J connectivity index is 0.00000225. The third-order valence-electron chi connectivity index (χ3n) is 3.86. The van der Waals surface area contributed by atoms with Crippen LogP contribution in [-0.4, -0.2) is 37.1 Å². The van der Waals surface area contributed by atoms with Crippen LogP contribution >= 0.6 is 60.4 Å². The third kappa shape index (κ3) is 8.30. The standard InChI is InChI=1S/C17H19Cl2N5.3ClH/c18-16-2-1-15(11-17(16)19)12-22(7-9-23-5-3-20-13-23)8-10-24-6-4-21-14-24;;;/h1-6,11,13-14H,7-10,12H2;3*1H. The van der Waals surface area contributed by atoms with Crippen LogP contribution in [0.4, 0.5) is 0 Å². The molecule has 2 aromatic heterocycles. The molecule has 0 unspecified atom stereocenters. The van der Waals surface area contributed by atoms with E-state index in [4.69, 9.17) is 23.2 Å². The van der Waals surface area contributed by atoms with Gasteiger partial charge in [0.2, 0.25) is 0 Å². The second kappa shape index (κ2) is 13.3. The van der Waals surface area contributed by atoms with Gasteiger partial charge < -0.3 is 9.13 Å². The molecule has 0 bridgehead atoms. The molecule has 0 radical (unpaired) electrons. The SMILES string of the molecule is Cl.Cl.Cl.Clc1ccc(CN(CCn2ccnc2)CCn2ccnc2)cc1Cl. The van der Waals surface area contributed by atoms with Crippen molar-refractivity contribution in [3.05, 3.63) is 71.2 Å². The zero-order valence-corrected chi connectivity index (χ0v) is 18.4.